The average Bonchev–Trinajstić information content (AvgIpc) is 3.31. The molecule has 0 saturated carbocycles. The second-order valence-corrected chi connectivity index (χ2v) is 10.3. The Kier molecular flexibility index (Phi) is 5.95. The molecular formula is C24H24N6O4S. The lowest BCUT2D eigenvalue weighted by atomic mass is 10.2. The zero-order valence-electron chi connectivity index (χ0n) is 19.1. The number of aromatic nitrogens is 4. The summed E-state index contributed by atoms with van der Waals surface area (Å²) in [6.45, 7) is 2.61. The van der Waals surface area contributed by atoms with Crippen molar-refractivity contribution < 1.29 is 13.2 Å². The first-order chi connectivity index (χ1) is 16.8. The molecular weight excluding hydrogens is 468 g/mol. The number of aryl methyl sites for hydroxylation is 1. The average molecular weight is 493 g/mol. The van der Waals surface area contributed by atoms with Crippen LogP contribution in [0.1, 0.15) is 5.56 Å². The first-order valence-corrected chi connectivity index (χ1v) is 12.6. The Labute approximate surface area is 202 Å². The topological polar surface area (TPSA) is 110 Å². The van der Waals surface area contributed by atoms with Crippen LogP contribution in [-0.4, -0.2) is 69.0 Å². The van der Waals surface area contributed by atoms with Crippen LogP contribution in [0, 0.1) is 6.92 Å². The quantitative estimate of drug-likeness (QED) is 0.417. The van der Waals surface area contributed by atoms with Crippen LogP contribution in [0.3, 0.4) is 0 Å². The van der Waals surface area contributed by atoms with Crippen molar-refractivity contribution in [1.82, 2.24) is 28.5 Å². The van der Waals surface area contributed by atoms with Gasteiger partial charge in [0.05, 0.1) is 16.8 Å². The van der Waals surface area contributed by atoms with Gasteiger partial charge in [-0.3, -0.25) is 14.2 Å². The molecule has 1 aliphatic rings. The third kappa shape index (κ3) is 4.35. The van der Waals surface area contributed by atoms with Crippen LogP contribution in [0.5, 0.6) is 0 Å². The fourth-order valence-corrected chi connectivity index (χ4v) is 5.52. The van der Waals surface area contributed by atoms with Crippen molar-refractivity contribution in [2.45, 2.75) is 18.4 Å². The summed E-state index contributed by atoms with van der Waals surface area (Å²) in [5.41, 5.74) is 1.82. The fraction of sp³-hybridized carbons (Fsp3) is 0.250. The van der Waals surface area contributed by atoms with Gasteiger partial charge in [0.25, 0.3) is 5.56 Å². The summed E-state index contributed by atoms with van der Waals surface area (Å²) in [7, 11) is -3.62. The fourth-order valence-electron chi connectivity index (χ4n) is 4.10. The third-order valence-corrected chi connectivity index (χ3v) is 8.02. The molecule has 10 nitrogen and oxygen atoms in total. The minimum Gasteiger partial charge on any atom is -0.338 e. The molecule has 35 heavy (non-hydrogen) atoms. The summed E-state index contributed by atoms with van der Waals surface area (Å²) in [4.78, 5) is 32.0. The van der Waals surface area contributed by atoms with Crippen LogP contribution >= 0.6 is 0 Å². The summed E-state index contributed by atoms with van der Waals surface area (Å²) >= 11 is 0. The van der Waals surface area contributed by atoms with Gasteiger partial charge in [-0.05, 0) is 31.2 Å². The predicted molar refractivity (Wildman–Crippen MR) is 130 cm³/mol. The van der Waals surface area contributed by atoms with Crippen LogP contribution in [0.15, 0.2) is 76.8 Å². The minimum atomic E-state index is -3.62. The van der Waals surface area contributed by atoms with E-state index in [-0.39, 0.29) is 49.1 Å². The summed E-state index contributed by atoms with van der Waals surface area (Å²) in [5.74, 6) is -0.268. The number of rotatable bonds is 5. The van der Waals surface area contributed by atoms with Gasteiger partial charge in [-0.15, -0.1) is 0 Å². The number of carbonyl (C=O) groups excluding carboxylic acids is 1. The van der Waals surface area contributed by atoms with Crippen LogP contribution in [0.25, 0.3) is 16.7 Å². The number of amides is 1. The van der Waals surface area contributed by atoms with Crippen molar-refractivity contribution in [3.05, 3.63) is 83.0 Å². The Hall–Kier alpha value is -3.83. The maximum absolute atomic E-state index is 13.0. The first kappa shape index (κ1) is 22.9. The largest absolute Gasteiger partial charge is 0.338 e. The van der Waals surface area contributed by atoms with Gasteiger partial charge < -0.3 is 4.90 Å². The van der Waals surface area contributed by atoms with Gasteiger partial charge >= 0.3 is 0 Å². The Balaban J connectivity index is 1.28. The molecule has 3 heterocycles. The van der Waals surface area contributed by atoms with Gasteiger partial charge in [0.2, 0.25) is 15.9 Å². The highest BCUT2D eigenvalue weighted by Gasteiger charge is 2.30. The molecule has 0 atom stereocenters. The van der Waals surface area contributed by atoms with Gasteiger partial charge in [0, 0.05) is 26.2 Å². The molecule has 5 rings (SSSR count). The van der Waals surface area contributed by atoms with Crippen molar-refractivity contribution in [1.29, 1.82) is 0 Å². The zero-order chi connectivity index (χ0) is 24.6. The Morgan fingerprint density at radius 3 is 2.34 bits per heavy atom. The molecule has 1 fully saturated rings. The van der Waals surface area contributed by atoms with E-state index in [1.54, 1.807) is 33.8 Å². The number of fused-ring (bicyclic) bond motifs is 1. The van der Waals surface area contributed by atoms with Gasteiger partial charge in [-0.2, -0.15) is 9.40 Å². The highest BCUT2D eigenvalue weighted by molar-refractivity contribution is 7.89. The van der Waals surface area contributed by atoms with Crippen LogP contribution in [-0.2, 0) is 21.4 Å². The van der Waals surface area contributed by atoms with Crippen molar-refractivity contribution in [3.63, 3.8) is 0 Å². The van der Waals surface area contributed by atoms with Crippen LogP contribution in [0.2, 0.25) is 0 Å². The van der Waals surface area contributed by atoms with E-state index in [9.17, 15) is 18.0 Å². The summed E-state index contributed by atoms with van der Waals surface area (Å²) in [5, 5.41) is 4.60. The lowest BCUT2D eigenvalue weighted by molar-refractivity contribution is -0.133. The summed E-state index contributed by atoms with van der Waals surface area (Å²) in [6, 6.07) is 16.1. The highest BCUT2D eigenvalue weighted by atomic mass is 32.2. The lowest BCUT2D eigenvalue weighted by Gasteiger charge is -2.34. The minimum absolute atomic E-state index is 0.178. The van der Waals surface area contributed by atoms with E-state index >= 15 is 0 Å². The molecule has 2 aromatic carbocycles. The molecule has 11 heteroatoms. The number of piperazine rings is 1. The molecule has 1 amide bonds. The number of para-hydroxylation sites is 1. The van der Waals surface area contributed by atoms with Gasteiger partial charge in [0.15, 0.2) is 5.65 Å². The molecule has 4 aromatic rings. The van der Waals surface area contributed by atoms with Gasteiger partial charge in [-0.25, -0.2) is 18.1 Å². The summed E-state index contributed by atoms with van der Waals surface area (Å²) < 4.78 is 30.0. The standard InChI is InChI=1S/C24H24N6O4S/c1-18-7-9-20(10-8-18)35(33,34)29-13-11-27(12-14-29)22(31)16-28-17-25-23-21(24(28)32)15-26-30(23)19-5-3-2-4-6-19/h2-10,15,17H,11-14,16H2,1H3. The van der Waals surface area contributed by atoms with E-state index in [0.717, 1.165) is 11.3 Å². The van der Waals surface area contributed by atoms with Gasteiger partial charge in [0.1, 0.15) is 18.3 Å². The molecule has 0 bridgehead atoms. The zero-order valence-corrected chi connectivity index (χ0v) is 19.9. The van der Waals surface area contributed by atoms with E-state index in [1.807, 2.05) is 37.3 Å². The second-order valence-electron chi connectivity index (χ2n) is 8.40. The van der Waals surface area contributed by atoms with Crippen molar-refractivity contribution in [2.24, 2.45) is 0 Å². The Morgan fingerprint density at radius 1 is 0.971 bits per heavy atom. The number of carbonyl (C=O) groups is 1. The first-order valence-electron chi connectivity index (χ1n) is 11.2. The number of sulfonamides is 1. The number of benzene rings is 2. The van der Waals surface area contributed by atoms with E-state index in [0.29, 0.717) is 11.0 Å². The summed E-state index contributed by atoms with van der Waals surface area (Å²) in [6.07, 6.45) is 2.80. The highest BCUT2D eigenvalue weighted by Crippen LogP contribution is 2.18. The van der Waals surface area contributed by atoms with Crippen molar-refractivity contribution in [3.8, 4) is 5.69 Å². The number of hydrogen-bond acceptors (Lipinski definition) is 6. The third-order valence-electron chi connectivity index (χ3n) is 6.11. The van der Waals surface area contributed by atoms with E-state index in [2.05, 4.69) is 10.1 Å². The predicted octanol–water partition coefficient (Wildman–Crippen LogP) is 1.42. The maximum Gasteiger partial charge on any atom is 0.264 e. The molecule has 0 aliphatic carbocycles. The smallest absolute Gasteiger partial charge is 0.264 e. The van der Waals surface area contributed by atoms with E-state index < -0.39 is 10.0 Å². The lowest BCUT2D eigenvalue weighted by Crippen LogP contribution is -2.51. The molecule has 0 N–H and O–H groups in total. The van der Waals surface area contributed by atoms with E-state index in [1.165, 1.54) is 21.4 Å². The van der Waals surface area contributed by atoms with Crippen LogP contribution < -0.4 is 5.56 Å². The SMILES string of the molecule is Cc1ccc(S(=O)(=O)N2CCN(C(=O)Cn3cnc4c(cnn4-c4ccccc4)c3=O)CC2)cc1. The second kappa shape index (κ2) is 9.08. The number of hydrogen-bond donors (Lipinski definition) is 0. The normalized spacial score (nSPS) is 14.9. The molecule has 0 radical (unpaired) electrons. The van der Waals surface area contributed by atoms with Crippen molar-refractivity contribution >= 4 is 27.0 Å². The van der Waals surface area contributed by atoms with Crippen LogP contribution in [0.4, 0.5) is 0 Å². The monoisotopic (exact) mass is 492 g/mol. The maximum atomic E-state index is 13.0. The molecule has 1 saturated heterocycles. The molecule has 1 aliphatic heterocycles. The van der Waals surface area contributed by atoms with Crippen molar-refractivity contribution in [2.75, 3.05) is 26.2 Å². The molecule has 0 spiro atoms. The van der Waals surface area contributed by atoms with E-state index in [4.69, 9.17) is 0 Å². The van der Waals surface area contributed by atoms with Gasteiger partial charge in [-0.1, -0.05) is 35.9 Å². The molecule has 2 aromatic heterocycles. The Morgan fingerprint density at radius 2 is 1.66 bits per heavy atom. The Bertz CT molecular complexity index is 1540. The molecule has 180 valence electrons. The number of nitrogens with zero attached hydrogens (tertiary/aromatic N) is 6. The molecule has 0 unspecified atom stereocenters.